The van der Waals surface area contributed by atoms with Crippen molar-refractivity contribution in [2.24, 2.45) is 0 Å². The fourth-order valence-electron chi connectivity index (χ4n) is 1.92. The second kappa shape index (κ2) is 6.88. The minimum absolute atomic E-state index is 0.151. The molecule has 1 atom stereocenters. The Kier molecular flexibility index (Phi) is 4.93. The van der Waals surface area contributed by atoms with E-state index in [2.05, 4.69) is 10.3 Å². The Morgan fingerprint density at radius 3 is 2.76 bits per heavy atom. The highest BCUT2D eigenvalue weighted by Gasteiger charge is 2.15. The largest absolute Gasteiger partial charge is 0.481 e. The van der Waals surface area contributed by atoms with Gasteiger partial charge in [0, 0.05) is 6.20 Å². The first-order valence-electron chi connectivity index (χ1n) is 6.98. The van der Waals surface area contributed by atoms with Crippen molar-refractivity contribution in [3.63, 3.8) is 0 Å². The minimum atomic E-state index is -0.547. The number of carbonyl (C=O) groups is 1. The second-order valence-corrected chi connectivity index (χ2v) is 5.00. The van der Waals surface area contributed by atoms with Gasteiger partial charge in [0.05, 0.1) is 12.2 Å². The number of amides is 1. The number of hydrogen-bond acceptors (Lipinski definition) is 3. The van der Waals surface area contributed by atoms with Crippen molar-refractivity contribution in [2.75, 3.05) is 0 Å². The van der Waals surface area contributed by atoms with Crippen molar-refractivity contribution in [2.45, 2.75) is 33.4 Å². The molecule has 21 heavy (non-hydrogen) atoms. The lowest BCUT2D eigenvalue weighted by Gasteiger charge is -2.17. The third kappa shape index (κ3) is 4.05. The fourth-order valence-corrected chi connectivity index (χ4v) is 1.92. The van der Waals surface area contributed by atoms with Crippen LogP contribution in [0.3, 0.4) is 0 Å². The van der Waals surface area contributed by atoms with Crippen molar-refractivity contribution < 1.29 is 9.53 Å². The first-order valence-corrected chi connectivity index (χ1v) is 6.98. The number of pyridine rings is 1. The van der Waals surface area contributed by atoms with Gasteiger partial charge in [0.15, 0.2) is 6.10 Å². The average molecular weight is 284 g/mol. The van der Waals surface area contributed by atoms with Gasteiger partial charge in [0.2, 0.25) is 0 Å². The zero-order valence-electron chi connectivity index (χ0n) is 12.6. The van der Waals surface area contributed by atoms with Gasteiger partial charge in [0.1, 0.15) is 5.75 Å². The van der Waals surface area contributed by atoms with E-state index in [0.29, 0.717) is 6.54 Å². The molecule has 0 aliphatic heterocycles. The van der Waals surface area contributed by atoms with E-state index in [0.717, 1.165) is 22.6 Å². The molecule has 0 saturated heterocycles. The van der Waals surface area contributed by atoms with E-state index in [1.807, 2.05) is 50.2 Å². The Bertz CT molecular complexity index is 611. The SMILES string of the molecule is Cc1cccc(OC(C)C(=O)NCc2ccccn2)c1C. The summed E-state index contributed by atoms with van der Waals surface area (Å²) in [5.74, 6) is 0.594. The van der Waals surface area contributed by atoms with Crippen molar-refractivity contribution in [1.82, 2.24) is 10.3 Å². The van der Waals surface area contributed by atoms with Crippen LogP contribution in [0.2, 0.25) is 0 Å². The van der Waals surface area contributed by atoms with Crippen molar-refractivity contribution >= 4 is 5.91 Å². The van der Waals surface area contributed by atoms with Crippen LogP contribution in [0.15, 0.2) is 42.6 Å². The summed E-state index contributed by atoms with van der Waals surface area (Å²) in [7, 11) is 0. The number of carbonyl (C=O) groups excluding carboxylic acids is 1. The van der Waals surface area contributed by atoms with E-state index >= 15 is 0 Å². The summed E-state index contributed by atoms with van der Waals surface area (Å²) in [6.07, 6.45) is 1.16. The molecule has 1 aromatic carbocycles. The first kappa shape index (κ1) is 15.0. The molecule has 0 aliphatic rings. The highest BCUT2D eigenvalue weighted by Crippen LogP contribution is 2.21. The summed E-state index contributed by atoms with van der Waals surface area (Å²) in [6.45, 7) is 6.16. The van der Waals surface area contributed by atoms with Crippen molar-refractivity contribution in [3.8, 4) is 5.75 Å². The van der Waals surface area contributed by atoms with Crippen LogP contribution < -0.4 is 10.1 Å². The molecule has 4 heteroatoms. The first-order chi connectivity index (χ1) is 10.1. The molecule has 4 nitrogen and oxygen atoms in total. The van der Waals surface area contributed by atoms with Gasteiger partial charge in [-0.3, -0.25) is 9.78 Å². The normalized spacial score (nSPS) is 11.8. The maximum Gasteiger partial charge on any atom is 0.261 e. The van der Waals surface area contributed by atoms with Crippen LogP contribution in [0.25, 0.3) is 0 Å². The average Bonchev–Trinajstić information content (AvgIpc) is 2.50. The number of aromatic nitrogens is 1. The molecule has 0 spiro atoms. The molecule has 110 valence electrons. The van der Waals surface area contributed by atoms with Crippen LogP contribution in [-0.4, -0.2) is 17.0 Å². The lowest BCUT2D eigenvalue weighted by atomic mass is 10.1. The lowest BCUT2D eigenvalue weighted by Crippen LogP contribution is -2.36. The van der Waals surface area contributed by atoms with Gasteiger partial charge in [-0.1, -0.05) is 18.2 Å². The molecule has 1 aromatic heterocycles. The van der Waals surface area contributed by atoms with E-state index in [1.54, 1.807) is 13.1 Å². The van der Waals surface area contributed by atoms with Crippen LogP contribution >= 0.6 is 0 Å². The Morgan fingerprint density at radius 2 is 2.05 bits per heavy atom. The predicted molar refractivity (Wildman–Crippen MR) is 82.1 cm³/mol. The predicted octanol–water partition coefficient (Wildman–Crippen LogP) is 2.78. The summed E-state index contributed by atoms with van der Waals surface area (Å²) in [5, 5.41) is 2.83. The van der Waals surface area contributed by atoms with E-state index in [-0.39, 0.29) is 5.91 Å². The van der Waals surface area contributed by atoms with Crippen LogP contribution in [-0.2, 0) is 11.3 Å². The Morgan fingerprint density at radius 1 is 1.24 bits per heavy atom. The number of hydrogen-bond donors (Lipinski definition) is 1. The molecule has 2 aromatic rings. The van der Waals surface area contributed by atoms with Gasteiger partial charge in [0.25, 0.3) is 5.91 Å². The van der Waals surface area contributed by atoms with Gasteiger partial charge in [-0.25, -0.2) is 0 Å². The third-order valence-electron chi connectivity index (χ3n) is 3.40. The number of benzene rings is 1. The molecular formula is C17H20N2O2. The standard InChI is InChI=1S/C17H20N2O2/c1-12-7-6-9-16(13(12)2)21-14(3)17(20)19-11-15-8-4-5-10-18-15/h4-10,14H,11H2,1-3H3,(H,19,20). The van der Waals surface area contributed by atoms with Crippen molar-refractivity contribution in [3.05, 3.63) is 59.4 Å². The van der Waals surface area contributed by atoms with Gasteiger partial charge < -0.3 is 10.1 Å². The smallest absolute Gasteiger partial charge is 0.261 e. The topological polar surface area (TPSA) is 51.2 Å². The van der Waals surface area contributed by atoms with E-state index in [4.69, 9.17) is 4.74 Å². The molecule has 1 unspecified atom stereocenters. The fraction of sp³-hybridized carbons (Fsp3) is 0.294. The number of nitrogens with one attached hydrogen (secondary N) is 1. The molecule has 0 saturated carbocycles. The Labute approximate surface area is 125 Å². The molecule has 0 fully saturated rings. The Balaban J connectivity index is 1.92. The maximum atomic E-state index is 12.1. The molecule has 1 amide bonds. The quantitative estimate of drug-likeness (QED) is 0.918. The highest BCUT2D eigenvalue weighted by molar-refractivity contribution is 5.80. The van der Waals surface area contributed by atoms with Crippen molar-refractivity contribution in [1.29, 1.82) is 0 Å². The van der Waals surface area contributed by atoms with E-state index < -0.39 is 6.10 Å². The van der Waals surface area contributed by atoms with Crippen LogP contribution in [0.1, 0.15) is 23.7 Å². The molecule has 0 radical (unpaired) electrons. The molecular weight excluding hydrogens is 264 g/mol. The summed E-state index contributed by atoms with van der Waals surface area (Å²) >= 11 is 0. The van der Waals surface area contributed by atoms with E-state index in [9.17, 15) is 4.79 Å². The molecule has 2 rings (SSSR count). The maximum absolute atomic E-state index is 12.1. The molecule has 1 heterocycles. The number of ether oxygens (including phenoxy) is 1. The molecule has 0 aliphatic carbocycles. The van der Waals surface area contributed by atoms with E-state index in [1.165, 1.54) is 0 Å². The van der Waals surface area contributed by atoms with Gasteiger partial charge in [-0.2, -0.15) is 0 Å². The minimum Gasteiger partial charge on any atom is -0.481 e. The summed E-state index contributed by atoms with van der Waals surface area (Å²) in [4.78, 5) is 16.2. The highest BCUT2D eigenvalue weighted by atomic mass is 16.5. The summed E-state index contributed by atoms with van der Waals surface area (Å²) in [5.41, 5.74) is 3.03. The number of nitrogens with zero attached hydrogens (tertiary/aromatic N) is 1. The zero-order chi connectivity index (χ0) is 15.2. The third-order valence-corrected chi connectivity index (χ3v) is 3.40. The summed E-state index contributed by atoms with van der Waals surface area (Å²) in [6, 6.07) is 11.4. The summed E-state index contributed by atoms with van der Waals surface area (Å²) < 4.78 is 5.74. The second-order valence-electron chi connectivity index (χ2n) is 5.00. The number of aryl methyl sites for hydroxylation is 1. The van der Waals surface area contributed by atoms with Gasteiger partial charge in [-0.05, 0) is 50.1 Å². The van der Waals surface area contributed by atoms with Gasteiger partial charge in [-0.15, -0.1) is 0 Å². The van der Waals surface area contributed by atoms with Gasteiger partial charge >= 0.3 is 0 Å². The van der Waals surface area contributed by atoms with Crippen LogP contribution in [0.5, 0.6) is 5.75 Å². The Hall–Kier alpha value is -2.36. The molecule has 0 bridgehead atoms. The molecule has 1 N–H and O–H groups in total. The monoisotopic (exact) mass is 284 g/mol. The lowest BCUT2D eigenvalue weighted by molar-refractivity contribution is -0.127. The number of rotatable bonds is 5. The zero-order valence-corrected chi connectivity index (χ0v) is 12.6. The van der Waals surface area contributed by atoms with Crippen LogP contribution in [0, 0.1) is 13.8 Å². The van der Waals surface area contributed by atoms with Crippen LogP contribution in [0.4, 0.5) is 0 Å².